The van der Waals surface area contributed by atoms with Crippen molar-refractivity contribution in [1.29, 1.82) is 0 Å². The van der Waals surface area contributed by atoms with Gasteiger partial charge in [0.15, 0.2) is 0 Å². The number of rotatable bonds is 4. The van der Waals surface area contributed by atoms with Crippen LogP contribution in [0.5, 0.6) is 5.75 Å². The number of hydrogen-bond acceptors (Lipinski definition) is 5. The first-order chi connectivity index (χ1) is 15.8. The van der Waals surface area contributed by atoms with Gasteiger partial charge in [0.2, 0.25) is 0 Å². The van der Waals surface area contributed by atoms with Crippen molar-refractivity contribution in [2.45, 2.75) is 80.4 Å². The molecular weight excluding hydrogens is 418 g/mol. The van der Waals surface area contributed by atoms with Gasteiger partial charge in [0.25, 0.3) is 5.91 Å². The van der Waals surface area contributed by atoms with Gasteiger partial charge >= 0.3 is 6.03 Å². The van der Waals surface area contributed by atoms with E-state index >= 15 is 0 Å². The standard InChI is InChI=1S/C26H33N3O4/c30-19-6-5-18-11-21-26(33)8-7-25(22(31)27-23(32)29(25)14-17-3-4-17)15-24(26,20(18)12-19)9-10-28(21)13-16-1-2-16/h5-6,12,16-17,21,30,33H,1-4,7-11,13-15H2,(H,27,31,32)/t21-,24-,25+,26-/m1/s1. The summed E-state index contributed by atoms with van der Waals surface area (Å²) in [4.78, 5) is 30.6. The van der Waals surface area contributed by atoms with Crippen LogP contribution in [0.25, 0.3) is 0 Å². The van der Waals surface area contributed by atoms with E-state index in [1.807, 2.05) is 17.0 Å². The van der Waals surface area contributed by atoms with Crippen molar-refractivity contribution in [3.63, 3.8) is 0 Å². The molecule has 1 aromatic carbocycles. The van der Waals surface area contributed by atoms with Crippen LogP contribution in [0, 0.1) is 11.8 Å². The van der Waals surface area contributed by atoms with Crippen LogP contribution in [-0.2, 0) is 16.6 Å². The Morgan fingerprint density at radius 2 is 1.79 bits per heavy atom. The quantitative estimate of drug-likeness (QED) is 0.611. The molecule has 1 spiro atoms. The summed E-state index contributed by atoms with van der Waals surface area (Å²) in [6.07, 6.45) is 7.71. The highest BCUT2D eigenvalue weighted by Crippen LogP contribution is 2.62. The van der Waals surface area contributed by atoms with Gasteiger partial charge in [-0.05, 0) is 99.4 Å². The van der Waals surface area contributed by atoms with E-state index in [4.69, 9.17) is 0 Å². The van der Waals surface area contributed by atoms with Gasteiger partial charge in [-0.1, -0.05) is 6.07 Å². The predicted molar refractivity (Wildman–Crippen MR) is 121 cm³/mol. The zero-order valence-corrected chi connectivity index (χ0v) is 19.1. The number of benzene rings is 1. The number of aromatic hydroxyl groups is 1. The Kier molecular flexibility index (Phi) is 4.00. The fraction of sp³-hybridized carbons (Fsp3) is 0.692. The molecule has 3 N–H and O–H groups in total. The second-order valence-corrected chi connectivity index (χ2v) is 11.8. The Hall–Kier alpha value is -2.12. The van der Waals surface area contributed by atoms with Gasteiger partial charge in [0.1, 0.15) is 11.3 Å². The van der Waals surface area contributed by atoms with Crippen LogP contribution >= 0.6 is 0 Å². The highest BCUT2D eigenvalue weighted by molar-refractivity contribution is 6.07. The molecule has 3 amide bonds. The summed E-state index contributed by atoms with van der Waals surface area (Å²) in [5.74, 6) is 1.22. The number of piperidine rings is 1. The van der Waals surface area contributed by atoms with E-state index in [0.717, 1.165) is 50.3 Å². The highest BCUT2D eigenvalue weighted by atomic mass is 16.3. The lowest BCUT2D eigenvalue weighted by Gasteiger charge is -2.66. The van der Waals surface area contributed by atoms with Crippen molar-refractivity contribution >= 4 is 11.9 Å². The molecule has 176 valence electrons. The maximum atomic E-state index is 13.4. The molecule has 2 saturated heterocycles. The van der Waals surface area contributed by atoms with E-state index in [1.54, 1.807) is 6.07 Å². The molecule has 33 heavy (non-hydrogen) atoms. The Balaban J connectivity index is 1.36. The molecule has 7 heteroatoms. The number of phenolic OH excluding ortho intramolecular Hbond substituents is 1. The summed E-state index contributed by atoms with van der Waals surface area (Å²) in [5.41, 5.74) is -0.367. The number of hydrogen-bond donors (Lipinski definition) is 3. The summed E-state index contributed by atoms with van der Waals surface area (Å²) in [7, 11) is 0. The fourth-order valence-corrected chi connectivity index (χ4v) is 7.81. The van der Waals surface area contributed by atoms with E-state index in [2.05, 4.69) is 10.2 Å². The SMILES string of the molecule is O=C1NC(=O)[C@@]2(CC[C@@]3(O)[C@H]4Cc5ccc(O)cc5[C@@]3(CCN4CC3CC3)C2)N1CC1CC1. The Morgan fingerprint density at radius 1 is 1.03 bits per heavy atom. The molecule has 0 aromatic heterocycles. The van der Waals surface area contributed by atoms with Crippen molar-refractivity contribution in [3.05, 3.63) is 29.3 Å². The van der Waals surface area contributed by atoms with Crippen LogP contribution in [0.1, 0.15) is 62.5 Å². The van der Waals surface area contributed by atoms with E-state index < -0.39 is 16.6 Å². The molecular formula is C26H33N3O4. The average Bonchev–Trinajstić information content (AvgIpc) is 3.70. The van der Waals surface area contributed by atoms with Crippen molar-refractivity contribution in [2.75, 3.05) is 19.6 Å². The van der Waals surface area contributed by atoms with Crippen LogP contribution in [-0.4, -0.2) is 68.8 Å². The second-order valence-electron chi connectivity index (χ2n) is 11.8. The molecule has 2 bridgehead atoms. The molecule has 0 unspecified atom stereocenters. The van der Waals surface area contributed by atoms with Gasteiger partial charge in [-0.3, -0.25) is 15.0 Å². The monoisotopic (exact) mass is 451 g/mol. The molecule has 1 aromatic rings. The van der Waals surface area contributed by atoms with Crippen LogP contribution in [0.2, 0.25) is 0 Å². The highest BCUT2D eigenvalue weighted by Gasteiger charge is 2.71. The summed E-state index contributed by atoms with van der Waals surface area (Å²) >= 11 is 0. The molecule has 6 aliphatic rings. The number of likely N-dealkylation sites (tertiary alicyclic amines) is 1. The van der Waals surface area contributed by atoms with E-state index in [0.29, 0.717) is 31.7 Å². The molecule has 2 aliphatic heterocycles. The Bertz CT molecular complexity index is 1050. The molecule has 4 aliphatic carbocycles. The zero-order chi connectivity index (χ0) is 22.6. The van der Waals surface area contributed by atoms with Gasteiger partial charge in [-0.2, -0.15) is 0 Å². The van der Waals surface area contributed by atoms with Crippen LogP contribution < -0.4 is 5.32 Å². The van der Waals surface area contributed by atoms with Crippen molar-refractivity contribution in [2.24, 2.45) is 11.8 Å². The third kappa shape index (κ3) is 2.69. The summed E-state index contributed by atoms with van der Waals surface area (Å²) in [5, 5.41) is 25.6. The first-order valence-electron chi connectivity index (χ1n) is 12.8. The average molecular weight is 452 g/mol. The molecule has 7 nitrogen and oxygen atoms in total. The largest absolute Gasteiger partial charge is 0.508 e. The van der Waals surface area contributed by atoms with E-state index in [1.165, 1.54) is 18.4 Å². The van der Waals surface area contributed by atoms with Gasteiger partial charge in [0.05, 0.1) is 5.60 Å². The van der Waals surface area contributed by atoms with Gasteiger partial charge in [-0.25, -0.2) is 4.79 Å². The number of phenols is 1. The summed E-state index contributed by atoms with van der Waals surface area (Å²) in [6.45, 7) is 2.54. The smallest absolute Gasteiger partial charge is 0.325 e. The predicted octanol–water partition coefficient (Wildman–Crippen LogP) is 2.29. The Labute approximate surface area is 194 Å². The van der Waals surface area contributed by atoms with Crippen LogP contribution in [0.15, 0.2) is 18.2 Å². The second kappa shape index (κ2) is 6.51. The summed E-state index contributed by atoms with van der Waals surface area (Å²) in [6, 6.07) is 5.31. The third-order valence-corrected chi connectivity index (χ3v) is 9.92. The first-order valence-corrected chi connectivity index (χ1v) is 12.8. The minimum Gasteiger partial charge on any atom is -0.508 e. The number of nitrogens with one attached hydrogen (secondary N) is 1. The number of amides is 3. The molecule has 5 fully saturated rings. The van der Waals surface area contributed by atoms with Gasteiger partial charge in [-0.15, -0.1) is 0 Å². The zero-order valence-electron chi connectivity index (χ0n) is 19.1. The fourth-order valence-electron chi connectivity index (χ4n) is 7.81. The lowest BCUT2D eigenvalue weighted by Crippen LogP contribution is -2.76. The maximum absolute atomic E-state index is 13.4. The maximum Gasteiger partial charge on any atom is 0.325 e. The number of carbonyl (C=O) groups excluding carboxylic acids is 2. The minimum absolute atomic E-state index is 0.0123. The van der Waals surface area contributed by atoms with Crippen LogP contribution in [0.3, 0.4) is 0 Å². The number of urea groups is 1. The normalized spacial score (nSPS) is 40.0. The molecule has 7 rings (SSSR count). The summed E-state index contributed by atoms with van der Waals surface area (Å²) < 4.78 is 0. The number of imide groups is 1. The van der Waals surface area contributed by atoms with E-state index in [9.17, 15) is 19.8 Å². The number of aliphatic hydroxyl groups is 1. The number of carbonyl (C=O) groups is 2. The number of nitrogens with zero attached hydrogens (tertiary/aromatic N) is 2. The number of fused-ring (bicyclic) bond motifs is 1. The Morgan fingerprint density at radius 3 is 2.55 bits per heavy atom. The first kappa shape index (κ1) is 20.3. The molecule has 3 saturated carbocycles. The molecule has 2 heterocycles. The molecule has 4 atom stereocenters. The molecule has 0 radical (unpaired) electrons. The lowest BCUT2D eigenvalue weighted by molar-refractivity contribution is -0.188. The van der Waals surface area contributed by atoms with Crippen molar-refractivity contribution < 1.29 is 19.8 Å². The lowest BCUT2D eigenvalue weighted by atomic mass is 9.46. The third-order valence-electron chi connectivity index (χ3n) is 9.92. The van der Waals surface area contributed by atoms with Crippen molar-refractivity contribution in [3.8, 4) is 5.75 Å². The minimum atomic E-state index is -0.969. The van der Waals surface area contributed by atoms with Crippen LogP contribution in [0.4, 0.5) is 4.79 Å². The van der Waals surface area contributed by atoms with Gasteiger partial charge < -0.3 is 15.1 Å². The topological polar surface area (TPSA) is 93.1 Å². The van der Waals surface area contributed by atoms with E-state index in [-0.39, 0.29) is 23.7 Å². The van der Waals surface area contributed by atoms with Gasteiger partial charge in [0, 0.05) is 24.5 Å². The van der Waals surface area contributed by atoms with Crippen molar-refractivity contribution in [1.82, 2.24) is 15.1 Å².